The number of halogens is 1. The first-order valence-corrected chi connectivity index (χ1v) is 10.4. The largest absolute Gasteiger partial charge is 0.450 e. The molecule has 1 aliphatic carbocycles. The molecule has 3 rings (SSSR count). The fourth-order valence-electron chi connectivity index (χ4n) is 3.68. The number of carbonyl (C=O) groups is 1. The molecule has 1 saturated carbocycles. The van der Waals surface area contributed by atoms with Gasteiger partial charge in [-0.05, 0) is 44.9 Å². The van der Waals surface area contributed by atoms with E-state index in [0.29, 0.717) is 11.8 Å². The molecule has 5 heteroatoms. The van der Waals surface area contributed by atoms with Crippen LogP contribution in [0.1, 0.15) is 67.8 Å². The maximum Gasteiger partial charge on any atom is 0.287 e. The topological polar surface area (TPSA) is 46.7 Å². The fraction of sp³-hybridized carbons (Fsp3) is 0.500. The molecule has 2 N–H and O–H groups in total. The molecule has 1 aromatic carbocycles. The predicted molar refractivity (Wildman–Crippen MR) is 108 cm³/mol. The van der Waals surface area contributed by atoms with Crippen molar-refractivity contribution >= 4 is 17.5 Å². The summed E-state index contributed by atoms with van der Waals surface area (Å²) in [7, 11) is 0. The van der Waals surface area contributed by atoms with Gasteiger partial charge in [0.05, 0.1) is 6.04 Å². The second-order valence-electron chi connectivity index (χ2n) is 7.83. The van der Waals surface area contributed by atoms with Crippen LogP contribution < -0.4 is 10.2 Å². The van der Waals surface area contributed by atoms with Gasteiger partial charge in [-0.3, -0.25) is 4.79 Å². The van der Waals surface area contributed by atoms with Crippen molar-refractivity contribution in [3.63, 3.8) is 0 Å². The van der Waals surface area contributed by atoms with Gasteiger partial charge < -0.3 is 14.6 Å². The summed E-state index contributed by atoms with van der Waals surface area (Å²) in [4.78, 5) is 13.8. The highest BCUT2D eigenvalue weighted by Crippen LogP contribution is 2.18. The van der Waals surface area contributed by atoms with Crippen molar-refractivity contribution in [1.82, 2.24) is 5.32 Å². The van der Waals surface area contributed by atoms with Gasteiger partial charge in [-0.1, -0.05) is 49.1 Å². The summed E-state index contributed by atoms with van der Waals surface area (Å²) >= 11 is 6.32. The van der Waals surface area contributed by atoms with Crippen LogP contribution in [-0.4, -0.2) is 18.0 Å². The van der Waals surface area contributed by atoms with Gasteiger partial charge in [-0.25, -0.2) is 0 Å². The summed E-state index contributed by atoms with van der Waals surface area (Å²) < 4.78 is 5.87. The van der Waals surface area contributed by atoms with E-state index in [1.165, 1.54) is 24.2 Å². The smallest absolute Gasteiger partial charge is 0.287 e. The van der Waals surface area contributed by atoms with Gasteiger partial charge in [0.1, 0.15) is 13.1 Å². The molecular formula is C22H30ClN2O2+. The molecule has 27 heavy (non-hydrogen) atoms. The third-order valence-electron chi connectivity index (χ3n) is 5.42. The number of hydrogen-bond acceptors (Lipinski definition) is 2. The van der Waals surface area contributed by atoms with Crippen LogP contribution in [0.3, 0.4) is 0 Å². The first-order valence-electron chi connectivity index (χ1n) is 10.0. The molecule has 2 aromatic rings. The number of furan rings is 1. The lowest BCUT2D eigenvalue weighted by molar-refractivity contribution is -0.949. The highest BCUT2D eigenvalue weighted by molar-refractivity contribution is 6.31. The van der Waals surface area contributed by atoms with E-state index in [4.69, 9.17) is 16.0 Å². The van der Waals surface area contributed by atoms with E-state index in [1.807, 2.05) is 24.3 Å². The van der Waals surface area contributed by atoms with Gasteiger partial charge in [-0.15, -0.1) is 0 Å². The summed E-state index contributed by atoms with van der Waals surface area (Å²) in [5.74, 6) is 1.15. The molecule has 1 heterocycles. The Labute approximate surface area is 166 Å². The number of carbonyl (C=O) groups excluding carboxylic acids is 1. The zero-order valence-corrected chi connectivity index (χ0v) is 17.0. The van der Waals surface area contributed by atoms with Gasteiger partial charge in [0, 0.05) is 16.6 Å². The summed E-state index contributed by atoms with van der Waals surface area (Å²) in [5, 5.41) is 3.91. The van der Waals surface area contributed by atoms with E-state index in [2.05, 4.69) is 25.2 Å². The monoisotopic (exact) mass is 389 g/mol. The number of benzene rings is 1. The highest BCUT2D eigenvalue weighted by atomic mass is 35.5. The lowest BCUT2D eigenvalue weighted by Crippen LogP contribution is -3.12. The molecule has 0 bridgehead atoms. The average molecular weight is 390 g/mol. The van der Waals surface area contributed by atoms with Gasteiger partial charge in [-0.2, -0.15) is 0 Å². The lowest BCUT2D eigenvalue weighted by Gasteiger charge is -2.23. The van der Waals surface area contributed by atoms with Crippen molar-refractivity contribution in [3.8, 4) is 0 Å². The molecule has 1 amide bonds. The van der Waals surface area contributed by atoms with E-state index in [1.54, 1.807) is 6.07 Å². The van der Waals surface area contributed by atoms with E-state index in [9.17, 15) is 4.79 Å². The zero-order chi connectivity index (χ0) is 19.2. The summed E-state index contributed by atoms with van der Waals surface area (Å²) in [5.41, 5.74) is 1.13. The number of hydrogen-bond donors (Lipinski definition) is 2. The minimum atomic E-state index is -0.0923. The minimum absolute atomic E-state index is 0.0923. The van der Waals surface area contributed by atoms with Crippen LogP contribution in [0.25, 0.3) is 0 Å². The predicted octanol–water partition coefficient (Wildman–Crippen LogP) is 3.99. The molecule has 1 atom stereocenters. The second-order valence-corrected chi connectivity index (χ2v) is 8.24. The molecule has 0 spiro atoms. The summed E-state index contributed by atoms with van der Waals surface area (Å²) in [6.07, 6.45) is 5.81. The first-order chi connectivity index (χ1) is 13.0. The molecule has 0 saturated heterocycles. The van der Waals surface area contributed by atoms with Crippen molar-refractivity contribution in [2.45, 2.75) is 71.1 Å². The Balaban J connectivity index is 1.62. The SMILES string of the molecule is CC(C)[NH+](Cc1ccc(C(=O)NC2CCCCC2)o1)Cc1ccccc1Cl. The molecule has 1 aromatic heterocycles. The lowest BCUT2D eigenvalue weighted by atomic mass is 9.95. The van der Waals surface area contributed by atoms with Crippen LogP contribution in [0.4, 0.5) is 0 Å². The Morgan fingerprint density at radius 1 is 1.15 bits per heavy atom. The Kier molecular flexibility index (Phi) is 6.97. The fourth-order valence-corrected chi connectivity index (χ4v) is 3.88. The van der Waals surface area contributed by atoms with Crippen LogP contribution in [0.2, 0.25) is 5.02 Å². The van der Waals surface area contributed by atoms with E-state index < -0.39 is 0 Å². The van der Waals surface area contributed by atoms with Crippen molar-refractivity contribution in [1.29, 1.82) is 0 Å². The maximum absolute atomic E-state index is 12.5. The Morgan fingerprint density at radius 3 is 2.59 bits per heavy atom. The average Bonchev–Trinajstić information content (AvgIpc) is 3.12. The Morgan fingerprint density at radius 2 is 1.89 bits per heavy atom. The Bertz CT molecular complexity index is 750. The van der Waals surface area contributed by atoms with Crippen LogP contribution >= 0.6 is 11.6 Å². The quantitative estimate of drug-likeness (QED) is 0.752. The number of quaternary nitrogens is 1. The van der Waals surface area contributed by atoms with Crippen LogP contribution in [-0.2, 0) is 13.1 Å². The normalized spacial score (nSPS) is 16.4. The zero-order valence-electron chi connectivity index (χ0n) is 16.3. The van der Waals surface area contributed by atoms with Gasteiger partial charge in [0.25, 0.3) is 5.91 Å². The third-order valence-corrected chi connectivity index (χ3v) is 5.79. The molecule has 1 fully saturated rings. The van der Waals surface area contributed by atoms with E-state index in [-0.39, 0.29) is 11.9 Å². The van der Waals surface area contributed by atoms with Gasteiger partial charge >= 0.3 is 0 Å². The molecule has 0 radical (unpaired) electrons. The molecular weight excluding hydrogens is 360 g/mol. The summed E-state index contributed by atoms with van der Waals surface area (Å²) in [6, 6.07) is 12.4. The standard InChI is InChI=1S/C22H29ClN2O2/c1-16(2)25(14-17-8-6-7-11-20(17)23)15-19-12-13-21(27-19)22(26)24-18-9-4-3-5-10-18/h6-8,11-13,16,18H,3-5,9-10,14-15H2,1-2H3,(H,24,26)/p+1. The number of nitrogens with one attached hydrogen (secondary N) is 2. The number of amides is 1. The van der Waals surface area contributed by atoms with E-state index >= 15 is 0 Å². The highest BCUT2D eigenvalue weighted by Gasteiger charge is 2.21. The van der Waals surface area contributed by atoms with Crippen molar-refractivity contribution in [2.24, 2.45) is 0 Å². The molecule has 1 aliphatic rings. The van der Waals surface area contributed by atoms with Crippen LogP contribution in [0, 0.1) is 0 Å². The van der Waals surface area contributed by atoms with E-state index in [0.717, 1.165) is 42.3 Å². The van der Waals surface area contributed by atoms with Crippen LogP contribution in [0.5, 0.6) is 0 Å². The molecule has 4 nitrogen and oxygen atoms in total. The van der Waals surface area contributed by atoms with Crippen molar-refractivity contribution < 1.29 is 14.1 Å². The van der Waals surface area contributed by atoms with Crippen molar-refractivity contribution in [2.75, 3.05) is 0 Å². The molecule has 1 unspecified atom stereocenters. The maximum atomic E-state index is 12.5. The van der Waals surface area contributed by atoms with Crippen molar-refractivity contribution in [3.05, 3.63) is 58.5 Å². The minimum Gasteiger partial charge on any atom is -0.450 e. The second kappa shape index (κ2) is 9.43. The molecule has 0 aliphatic heterocycles. The molecule has 146 valence electrons. The van der Waals surface area contributed by atoms with Gasteiger partial charge in [0.2, 0.25) is 0 Å². The third kappa shape index (κ3) is 5.60. The van der Waals surface area contributed by atoms with Gasteiger partial charge in [0.15, 0.2) is 11.5 Å². The summed E-state index contributed by atoms with van der Waals surface area (Å²) in [6.45, 7) is 5.92. The Hall–Kier alpha value is -1.78. The van der Waals surface area contributed by atoms with Crippen LogP contribution in [0.15, 0.2) is 40.8 Å². The number of rotatable bonds is 7. The first kappa shape index (κ1) is 20.0.